The maximum atomic E-state index is 11.4. The lowest BCUT2D eigenvalue weighted by atomic mass is 9.59. The molecule has 5 heteroatoms. The molecule has 1 aliphatic carbocycles. The minimum absolute atomic E-state index is 0.239. The Kier molecular flexibility index (Phi) is 5.79. The van der Waals surface area contributed by atoms with Gasteiger partial charge in [0.25, 0.3) is 0 Å². The van der Waals surface area contributed by atoms with Crippen molar-refractivity contribution < 1.29 is 20.1 Å². The smallest absolute Gasteiger partial charge is 0.0914 e. The first-order chi connectivity index (χ1) is 11.2. The first-order valence-electron chi connectivity index (χ1n) is 8.64. The molecule has 1 aliphatic heterocycles. The van der Waals surface area contributed by atoms with E-state index < -0.39 is 29.3 Å². The molecule has 1 saturated heterocycles. The molecule has 0 aromatic carbocycles. The van der Waals surface area contributed by atoms with Crippen LogP contribution in [0.25, 0.3) is 0 Å². The SMILES string of the molecule is C#CCN1C[C@@]2(O)CC[C@@H](O)[C@@H](OC)[C@@H]2[C@@](C)(O)[C@@H]1CC=C(C)C. The van der Waals surface area contributed by atoms with Crippen molar-refractivity contribution >= 4 is 0 Å². The van der Waals surface area contributed by atoms with Gasteiger partial charge in [-0.3, -0.25) is 4.90 Å². The van der Waals surface area contributed by atoms with Crippen LogP contribution in [0.4, 0.5) is 0 Å². The van der Waals surface area contributed by atoms with Crippen LogP contribution in [0, 0.1) is 18.3 Å². The molecule has 6 atom stereocenters. The first kappa shape index (κ1) is 19.4. The van der Waals surface area contributed by atoms with Crippen LogP contribution in [0.3, 0.4) is 0 Å². The Morgan fingerprint density at radius 3 is 2.62 bits per heavy atom. The van der Waals surface area contributed by atoms with Gasteiger partial charge in [-0.25, -0.2) is 0 Å². The van der Waals surface area contributed by atoms with Crippen LogP contribution in [0.1, 0.15) is 40.0 Å². The molecule has 0 unspecified atom stereocenters. The molecule has 1 saturated carbocycles. The van der Waals surface area contributed by atoms with Gasteiger partial charge in [-0.15, -0.1) is 6.42 Å². The molecule has 3 N–H and O–H groups in total. The number of rotatable bonds is 4. The van der Waals surface area contributed by atoms with E-state index in [1.54, 1.807) is 6.92 Å². The second-order valence-electron chi connectivity index (χ2n) is 7.76. The summed E-state index contributed by atoms with van der Waals surface area (Å²) < 4.78 is 5.50. The second kappa shape index (κ2) is 7.15. The van der Waals surface area contributed by atoms with Crippen molar-refractivity contribution in [1.29, 1.82) is 0 Å². The van der Waals surface area contributed by atoms with E-state index in [9.17, 15) is 15.3 Å². The van der Waals surface area contributed by atoms with Crippen LogP contribution in [-0.2, 0) is 4.74 Å². The lowest BCUT2D eigenvalue weighted by molar-refractivity contribution is -0.263. The van der Waals surface area contributed by atoms with Gasteiger partial charge in [0.2, 0.25) is 0 Å². The monoisotopic (exact) mass is 337 g/mol. The number of ether oxygens (including phenoxy) is 1. The number of hydrogen-bond acceptors (Lipinski definition) is 5. The molecule has 0 aromatic rings. The van der Waals surface area contributed by atoms with Gasteiger partial charge in [-0.05, 0) is 40.0 Å². The normalized spacial score (nSPS) is 42.9. The summed E-state index contributed by atoms with van der Waals surface area (Å²) in [6.45, 7) is 6.51. The fourth-order valence-corrected chi connectivity index (χ4v) is 4.65. The number of aliphatic hydroxyl groups excluding tert-OH is 1. The molecule has 0 radical (unpaired) electrons. The van der Waals surface area contributed by atoms with Gasteiger partial charge in [-0.2, -0.15) is 0 Å². The third kappa shape index (κ3) is 3.40. The zero-order valence-electron chi connectivity index (χ0n) is 15.2. The molecule has 2 rings (SSSR count). The number of fused-ring (bicyclic) bond motifs is 1. The van der Waals surface area contributed by atoms with E-state index in [-0.39, 0.29) is 6.04 Å². The zero-order chi connectivity index (χ0) is 18.1. The highest BCUT2D eigenvalue weighted by Crippen LogP contribution is 2.48. The van der Waals surface area contributed by atoms with Crippen molar-refractivity contribution in [1.82, 2.24) is 4.90 Å². The van der Waals surface area contributed by atoms with Crippen LogP contribution in [0.5, 0.6) is 0 Å². The van der Waals surface area contributed by atoms with E-state index in [1.807, 2.05) is 18.7 Å². The van der Waals surface area contributed by atoms with Gasteiger partial charge in [0.15, 0.2) is 0 Å². The van der Waals surface area contributed by atoms with E-state index in [0.29, 0.717) is 32.4 Å². The van der Waals surface area contributed by atoms with E-state index in [4.69, 9.17) is 11.2 Å². The molecule has 2 aliphatic rings. The summed E-state index contributed by atoms with van der Waals surface area (Å²) >= 11 is 0. The topological polar surface area (TPSA) is 73.2 Å². The Morgan fingerprint density at radius 1 is 1.42 bits per heavy atom. The molecule has 0 spiro atoms. The Hall–Kier alpha value is -0.900. The Labute approximate surface area is 145 Å². The number of terminal acetylenes is 1. The summed E-state index contributed by atoms with van der Waals surface area (Å²) in [6, 6.07) is -0.239. The predicted molar refractivity (Wildman–Crippen MR) is 93.3 cm³/mol. The average Bonchev–Trinajstić information content (AvgIpc) is 2.48. The van der Waals surface area contributed by atoms with E-state index >= 15 is 0 Å². The van der Waals surface area contributed by atoms with Crippen LogP contribution in [0.15, 0.2) is 11.6 Å². The maximum Gasteiger partial charge on any atom is 0.0914 e. The third-order valence-electron chi connectivity index (χ3n) is 5.70. The summed E-state index contributed by atoms with van der Waals surface area (Å²) in [5, 5.41) is 33.0. The average molecular weight is 337 g/mol. The van der Waals surface area contributed by atoms with Gasteiger partial charge >= 0.3 is 0 Å². The van der Waals surface area contributed by atoms with Gasteiger partial charge in [-0.1, -0.05) is 17.6 Å². The minimum atomic E-state index is -1.24. The van der Waals surface area contributed by atoms with Crippen LogP contribution in [0.2, 0.25) is 0 Å². The Bertz CT molecular complexity index is 520. The number of β-amino-alcohol motifs (C(OH)–C–C–N with tert-alkyl or cyclic N) is 1. The number of methoxy groups -OCH3 is 1. The van der Waals surface area contributed by atoms with Crippen molar-refractivity contribution in [2.24, 2.45) is 5.92 Å². The molecule has 136 valence electrons. The molecule has 2 fully saturated rings. The number of nitrogens with zero attached hydrogens (tertiary/aromatic N) is 1. The van der Waals surface area contributed by atoms with Crippen molar-refractivity contribution in [3.8, 4) is 12.3 Å². The Morgan fingerprint density at radius 2 is 2.08 bits per heavy atom. The largest absolute Gasteiger partial charge is 0.390 e. The molecular weight excluding hydrogens is 306 g/mol. The molecule has 1 heterocycles. The van der Waals surface area contributed by atoms with E-state index in [0.717, 1.165) is 0 Å². The molecule has 0 amide bonds. The lowest BCUT2D eigenvalue weighted by Crippen LogP contribution is -2.75. The number of aliphatic hydroxyl groups is 3. The minimum Gasteiger partial charge on any atom is -0.390 e. The molecule has 5 nitrogen and oxygen atoms in total. The predicted octanol–water partition coefficient (Wildman–Crippen LogP) is 0.928. The second-order valence-corrected chi connectivity index (χ2v) is 7.76. The summed E-state index contributed by atoms with van der Waals surface area (Å²) in [6.07, 6.45) is 7.82. The summed E-state index contributed by atoms with van der Waals surface area (Å²) in [4.78, 5) is 1.99. The number of piperidine rings is 1. The number of likely N-dealkylation sites (tertiary alicyclic amines) is 1. The Balaban J connectivity index is 2.44. The van der Waals surface area contributed by atoms with Crippen molar-refractivity contribution in [2.75, 3.05) is 20.2 Å². The van der Waals surface area contributed by atoms with E-state index in [1.165, 1.54) is 12.7 Å². The van der Waals surface area contributed by atoms with Crippen molar-refractivity contribution in [3.63, 3.8) is 0 Å². The molecular formula is C19H31NO4. The van der Waals surface area contributed by atoms with Gasteiger partial charge in [0, 0.05) is 25.6 Å². The van der Waals surface area contributed by atoms with Gasteiger partial charge in [0.1, 0.15) is 0 Å². The number of allylic oxidation sites excluding steroid dienone is 1. The number of hydrogen-bond donors (Lipinski definition) is 3. The summed E-state index contributed by atoms with van der Waals surface area (Å²) in [5.74, 6) is 2.08. The van der Waals surface area contributed by atoms with E-state index in [2.05, 4.69) is 12.0 Å². The lowest BCUT2D eigenvalue weighted by Gasteiger charge is -2.60. The van der Waals surface area contributed by atoms with Crippen LogP contribution < -0.4 is 0 Å². The van der Waals surface area contributed by atoms with Crippen molar-refractivity contribution in [2.45, 2.75) is 69.5 Å². The summed E-state index contributed by atoms with van der Waals surface area (Å²) in [5.41, 5.74) is -1.20. The van der Waals surface area contributed by atoms with Gasteiger partial charge in [0.05, 0.1) is 30.0 Å². The molecule has 0 bridgehead atoms. The fraction of sp³-hybridized carbons (Fsp3) is 0.789. The van der Waals surface area contributed by atoms with Gasteiger partial charge < -0.3 is 20.1 Å². The fourth-order valence-electron chi connectivity index (χ4n) is 4.65. The molecule has 24 heavy (non-hydrogen) atoms. The standard InChI is InChI=1S/C19H31NO4/c1-6-11-20-12-19(23)10-9-14(21)16(24-5)17(19)18(4,22)15(20)8-7-13(2)3/h1,7,14-17,21-23H,8-12H2,2-5H3/t14-,15+,16-,17-,18+,19+/m1/s1. The van der Waals surface area contributed by atoms with Crippen LogP contribution >= 0.6 is 0 Å². The third-order valence-corrected chi connectivity index (χ3v) is 5.70. The molecule has 0 aromatic heterocycles. The van der Waals surface area contributed by atoms with Crippen LogP contribution in [-0.4, -0.2) is 69.9 Å². The first-order valence-corrected chi connectivity index (χ1v) is 8.64. The summed E-state index contributed by atoms with van der Waals surface area (Å²) in [7, 11) is 1.52. The highest BCUT2D eigenvalue weighted by molar-refractivity contribution is 5.17. The maximum absolute atomic E-state index is 11.4. The highest BCUT2D eigenvalue weighted by atomic mass is 16.5. The highest BCUT2D eigenvalue weighted by Gasteiger charge is 2.62. The zero-order valence-corrected chi connectivity index (χ0v) is 15.2. The quantitative estimate of drug-likeness (QED) is 0.526. The van der Waals surface area contributed by atoms with Crippen molar-refractivity contribution in [3.05, 3.63) is 11.6 Å².